The molecule has 70 valence electrons. The number of hydrogen-bond acceptors (Lipinski definition) is 4. The van der Waals surface area contributed by atoms with Crippen molar-refractivity contribution in [1.82, 2.24) is 15.5 Å². The normalized spacial score (nSPS) is 16.7. The van der Waals surface area contributed by atoms with Crippen molar-refractivity contribution in [3.8, 4) is 5.88 Å². The fourth-order valence-electron chi connectivity index (χ4n) is 1.05. The van der Waals surface area contributed by atoms with Gasteiger partial charge in [0.2, 0.25) is 5.88 Å². The monoisotopic (exact) mass is 291 g/mol. The van der Waals surface area contributed by atoms with Gasteiger partial charge in [0.05, 0.1) is 6.61 Å². The average molecular weight is 291 g/mol. The van der Waals surface area contributed by atoms with E-state index in [0.717, 1.165) is 23.4 Å². The van der Waals surface area contributed by atoms with Crippen LogP contribution >= 0.6 is 22.6 Å². The fraction of sp³-hybridized carbons (Fsp3) is 0.500. The molecule has 1 aliphatic rings. The molecule has 0 aromatic carbocycles. The van der Waals surface area contributed by atoms with Crippen LogP contribution in [0.1, 0.15) is 0 Å². The summed E-state index contributed by atoms with van der Waals surface area (Å²) in [5, 5.41) is 11.0. The summed E-state index contributed by atoms with van der Waals surface area (Å²) in [7, 11) is 0. The van der Waals surface area contributed by atoms with E-state index in [1.54, 1.807) is 0 Å². The molecule has 13 heavy (non-hydrogen) atoms. The Balaban J connectivity index is 1.83. The minimum atomic E-state index is 0.618. The third kappa shape index (κ3) is 2.50. The lowest BCUT2D eigenvalue weighted by Gasteiger charge is -2.26. The molecule has 0 bridgehead atoms. The van der Waals surface area contributed by atoms with E-state index in [9.17, 15) is 0 Å². The summed E-state index contributed by atoms with van der Waals surface area (Å²) in [6.07, 6.45) is 0. The van der Waals surface area contributed by atoms with Crippen molar-refractivity contribution in [1.29, 1.82) is 0 Å². The SMILES string of the molecule is Ic1ccc(OCC2CNC2)nn1. The van der Waals surface area contributed by atoms with Gasteiger partial charge in [-0.15, -0.1) is 10.2 Å². The molecule has 1 aromatic rings. The van der Waals surface area contributed by atoms with Gasteiger partial charge in [-0.2, -0.15) is 0 Å². The van der Waals surface area contributed by atoms with Gasteiger partial charge in [-0.1, -0.05) is 0 Å². The van der Waals surface area contributed by atoms with E-state index in [-0.39, 0.29) is 0 Å². The van der Waals surface area contributed by atoms with Gasteiger partial charge in [0, 0.05) is 25.1 Å². The van der Waals surface area contributed by atoms with Gasteiger partial charge < -0.3 is 10.1 Å². The lowest BCUT2D eigenvalue weighted by atomic mass is 10.1. The Hall–Kier alpha value is -0.430. The van der Waals surface area contributed by atoms with Crippen molar-refractivity contribution in [2.75, 3.05) is 19.7 Å². The number of ether oxygens (including phenoxy) is 1. The van der Waals surface area contributed by atoms with Gasteiger partial charge in [0.1, 0.15) is 3.70 Å². The second kappa shape index (κ2) is 4.19. The Morgan fingerprint density at radius 3 is 2.85 bits per heavy atom. The molecule has 0 unspecified atom stereocenters. The van der Waals surface area contributed by atoms with Gasteiger partial charge in [0.15, 0.2) is 0 Å². The van der Waals surface area contributed by atoms with Crippen LogP contribution in [0, 0.1) is 9.62 Å². The first-order chi connectivity index (χ1) is 6.34. The highest BCUT2D eigenvalue weighted by Crippen LogP contribution is 2.09. The van der Waals surface area contributed by atoms with Crippen LogP contribution in [0.2, 0.25) is 0 Å². The maximum atomic E-state index is 5.45. The number of rotatable bonds is 3. The summed E-state index contributed by atoms with van der Waals surface area (Å²) in [6.45, 7) is 2.85. The highest BCUT2D eigenvalue weighted by molar-refractivity contribution is 14.1. The second-order valence-corrected chi connectivity index (χ2v) is 4.13. The van der Waals surface area contributed by atoms with Crippen molar-refractivity contribution in [2.24, 2.45) is 5.92 Å². The van der Waals surface area contributed by atoms with Crippen LogP contribution in [0.5, 0.6) is 5.88 Å². The van der Waals surface area contributed by atoms with Crippen molar-refractivity contribution in [3.05, 3.63) is 15.8 Å². The molecule has 0 atom stereocenters. The summed E-state index contributed by atoms with van der Waals surface area (Å²) in [5.74, 6) is 1.26. The Labute approximate surface area is 90.2 Å². The molecule has 2 rings (SSSR count). The zero-order valence-electron chi connectivity index (χ0n) is 7.03. The highest BCUT2D eigenvalue weighted by Gasteiger charge is 2.17. The molecule has 1 aromatic heterocycles. The summed E-state index contributed by atoms with van der Waals surface area (Å²) in [5.41, 5.74) is 0. The predicted octanol–water partition coefficient (Wildman–Crippen LogP) is 0.679. The van der Waals surface area contributed by atoms with Crippen LogP contribution in [0.3, 0.4) is 0 Å². The number of halogens is 1. The van der Waals surface area contributed by atoms with Crippen LogP contribution in [-0.2, 0) is 0 Å². The number of nitrogens with zero attached hydrogens (tertiary/aromatic N) is 2. The van der Waals surface area contributed by atoms with Crippen LogP contribution in [-0.4, -0.2) is 29.9 Å². The molecule has 2 heterocycles. The maximum absolute atomic E-state index is 5.45. The van der Waals surface area contributed by atoms with E-state index in [2.05, 4.69) is 38.1 Å². The summed E-state index contributed by atoms with van der Waals surface area (Å²) in [6, 6.07) is 3.74. The molecule has 5 heteroatoms. The lowest BCUT2D eigenvalue weighted by Crippen LogP contribution is -2.45. The van der Waals surface area contributed by atoms with E-state index in [1.165, 1.54) is 0 Å². The van der Waals surface area contributed by atoms with Gasteiger partial charge in [-0.25, -0.2) is 0 Å². The first-order valence-electron chi connectivity index (χ1n) is 4.17. The highest BCUT2D eigenvalue weighted by atomic mass is 127. The van der Waals surface area contributed by atoms with E-state index in [0.29, 0.717) is 11.8 Å². The summed E-state index contributed by atoms with van der Waals surface area (Å²) in [4.78, 5) is 0. The standard InChI is InChI=1S/C8H10IN3O/c9-7-1-2-8(12-11-7)13-5-6-3-10-4-6/h1-2,6,10H,3-5H2. The van der Waals surface area contributed by atoms with Crippen molar-refractivity contribution >= 4 is 22.6 Å². The first-order valence-corrected chi connectivity index (χ1v) is 5.25. The molecule has 0 amide bonds. The zero-order chi connectivity index (χ0) is 9.10. The molecule has 1 N–H and O–H groups in total. The zero-order valence-corrected chi connectivity index (χ0v) is 9.19. The van der Waals surface area contributed by atoms with Crippen molar-refractivity contribution in [3.63, 3.8) is 0 Å². The van der Waals surface area contributed by atoms with Crippen molar-refractivity contribution < 1.29 is 4.74 Å². The Morgan fingerprint density at radius 2 is 2.31 bits per heavy atom. The largest absolute Gasteiger partial charge is 0.476 e. The minimum Gasteiger partial charge on any atom is -0.476 e. The average Bonchev–Trinajstić information content (AvgIpc) is 2.05. The third-order valence-corrected chi connectivity index (χ3v) is 2.52. The Kier molecular flexibility index (Phi) is 2.94. The second-order valence-electron chi connectivity index (χ2n) is 3.03. The molecule has 4 nitrogen and oxygen atoms in total. The Morgan fingerprint density at radius 1 is 1.46 bits per heavy atom. The lowest BCUT2D eigenvalue weighted by molar-refractivity contribution is 0.192. The Bertz CT molecular complexity index is 273. The predicted molar refractivity (Wildman–Crippen MR) is 56.6 cm³/mol. The number of nitrogens with one attached hydrogen (secondary N) is 1. The molecule has 0 radical (unpaired) electrons. The molecule has 0 aliphatic carbocycles. The number of hydrogen-bond donors (Lipinski definition) is 1. The van der Waals surface area contributed by atoms with Gasteiger partial charge in [-0.3, -0.25) is 0 Å². The van der Waals surface area contributed by atoms with Crippen LogP contribution < -0.4 is 10.1 Å². The van der Waals surface area contributed by atoms with Gasteiger partial charge in [-0.05, 0) is 28.7 Å². The fourth-order valence-corrected chi connectivity index (χ4v) is 1.34. The third-order valence-electron chi connectivity index (χ3n) is 1.94. The van der Waals surface area contributed by atoms with E-state index in [1.807, 2.05) is 12.1 Å². The van der Waals surface area contributed by atoms with E-state index >= 15 is 0 Å². The molecule has 1 aliphatic heterocycles. The first kappa shape index (κ1) is 9.14. The maximum Gasteiger partial charge on any atom is 0.233 e. The topological polar surface area (TPSA) is 47.0 Å². The van der Waals surface area contributed by atoms with Crippen LogP contribution in [0.4, 0.5) is 0 Å². The smallest absolute Gasteiger partial charge is 0.233 e. The molecule has 1 fully saturated rings. The quantitative estimate of drug-likeness (QED) is 0.832. The summed E-state index contributed by atoms with van der Waals surface area (Å²) >= 11 is 2.12. The molecule has 0 spiro atoms. The molecular weight excluding hydrogens is 281 g/mol. The van der Waals surface area contributed by atoms with Crippen LogP contribution in [0.25, 0.3) is 0 Å². The molecule has 0 saturated carbocycles. The van der Waals surface area contributed by atoms with Gasteiger partial charge >= 0.3 is 0 Å². The van der Waals surface area contributed by atoms with Crippen molar-refractivity contribution in [2.45, 2.75) is 0 Å². The molecular formula is C8H10IN3O. The molecule has 1 saturated heterocycles. The van der Waals surface area contributed by atoms with E-state index in [4.69, 9.17) is 4.74 Å². The van der Waals surface area contributed by atoms with Crippen LogP contribution in [0.15, 0.2) is 12.1 Å². The number of aromatic nitrogens is 2. The minimum absolute atomic E-state index is 0.618. The van der Waals surface area contributed by atoms with Gasteiger partial charge in [0.25, 0.3) is 0 Å². The van der Waals surface area contributed by atoms with E-state index < -0.39 is 0 Å². The summed E-state index contributed by atoms with van der Waals surface area (Å²) < 4.78 is 6.33.